The van der Waals surface area contributed by atoms with Crippen LogP contribution in [0.2, 0.25) is 0 Å². The number of carbonyl (C=O) groups is 1. The number of aliphatic carboxylic acids is 1. The van der Waals surface area contributed by atoms with Gasteiger partial charge in [0.1, 0.15) is 0 Å². The summed E-state index contributed by atoms with van der Waals surface area (Å²) >= 11 is 0. The number of rotatable bonds is 1. The van der Waals surface area contributed by atoms with Crippen LogP contribution in [0.25, 0.3) is 0 Å². The first-order chi connectivity index (χ1) is 4.15. The Labute approximate surface area is 51.0 Å². The molecule has 1 heterocycles. The van der Waals surface area contributed by atoms with Crippen LogP contribution >= 0.6 is 0 Å². The summed E-state index contributed by atoms with van der Waals surface area (Å²) in [5.41, 5.74) is 0.197. The number of hydrazone groups is 1. The van der Waals surface area contributed by atoms with E-state index in [4.69, 9.17) is 10.2 Å². The monoisotopic (exact) mass is 130 g/mol. The van der Waals surface area contributed by atoms with Crippen molar-refractivity contribution in [1.82, 2.24) is 5.43 Å². The van der Waals surface area contributed by atoms with Gasteiger partial charge in [-0.3, -0.25) is 5.43 Å². The van der Waals surface area contributed by atoms with Gasteiger partial charge in [-0.1, -0.05) is 0 Å². The summed E-state index contributed by atoms with van der Waals surface area (Å²) in [6.07, 6.45) is 1.33. The minimum atomic E-state index is -1.86. The topological polar surface area (TPSA) is 81.9 Å². The second-order valence-electron chi connectivity index (χ2n) is 1.79. The molecule has 0 radical (unpaired) electrons. The molecule has 0 amide bonds. The summed E-state index contributed by atoms with van der Waals surface area (Å²) in [7, 11) is 0. The summed E-state index contributed by atoms with van der Waals surface area (Å²) in [5.74, 6) is -1.31. The number of nitrogens with one attached hydrogen (secondary N) is 1. The highest BCUT2D eigenvalue weighted by Gasteiger charge is 2.37. The van der Waals surface area contributed by atoms with Gasteiger partial charge < -0.3 is 10.2 Å². The smallest absolute Gasteiger partial charge is 0.359 e. The lowest BCUT2D eigenvalue weighted by Gasteiger charge is -2.14. The number of carboxylic acids is 1. The standard InChI is InChI=1S/C4H6N2O3/c7-3(8)4(9)1-2-5-6-4/h2,6,9H,1H2,(H,7,8). The highest BCUT2D eigenvalue weighted by molar-refractivity contribution is 5.82. The van der Waals surface area contributed by atoms with Crippen LogP contribution < -0.4 is 5.43 Å². The van der Waals surface area contributed by atoms with E-state index in [2.05, 4.69) is 10.5 Å². The van der Waals surface area contributed by atoms with Gasteiger partial charge in [-0.15, -0.1) is 0 Å². The molecule has 0 aromatic rings. The third-order valence-electron chi connectivity index (χ3n) is 1.08. The molecule has 0 aliphatic carbocycles. The van der Waals surface area contributed by atoms with E-state index in [0.717, 1.165) is 0 Å². The maximum Gasteiger partial charge on any atom is 0.359 e. The highest BCUT2D eigenvalue weighted by atomic mass is 16.4. The molecule has 5 heteroatoms. The Hall–Kier alpha value is -1.10. The van der Waals surface area contributed by atoms with Gasteiger partial charge in [0.25, 0.3) is 5.72 Å². The summed E-state index contributed by atoms with van der Waals surface area (Å²) in [6, 6.07) is 0. The molecule has 1 rings (SSSR count). The fourth-order valence-electron chi connectivity index (χ4n) is 0.511. The highest BCUT2D eigenvalue weighted by Crippen LogP contribution is 2.08. The van der Waals surface area contributed by atoms with Crippen molar-refractivity contribution in [2.75, 3.05) is 0 Å². The summed E-state index contributed by atoms with van der Waals surface area (Å²) in [5, 5.41) is 20.6. The zero-order chi connectivity index (χ0) is 6.91. The van der Waals surface area contributed by atoms with Crippen LogP contribution in [-0.4, -0.2) is 28.1 Å². The first kappa shape index (κ1) is 6.03. The van der Waals surface area contributed by atoms with Crippen molar-refractivity contribution in [2.45, 2.75) is 12.1 Å². The van der Waals surface area contributed by atoms with Crippen molar-refractivity contribution in [1.29, 1.82) is 0 Å². The Morgan fingerprint density at radius 1 is 1.89 bits per heavy atom. The molecular weight excluding hydrogens is 124 g/mol. The molecule has 5 nitrogen and oxygen atoms in total. The van der Waals surface area contributed by atoms with Crippen molar-refractivity contribution >= 4 is 12.2 Å². The summed E-state index contributed by atoms with van der Waals surface area (Å²) in [6.45, 7) is 0. The molecule has 0 aromatic heterocycles. The number of nitrogens with zero attached hydrogens (tertiary/aromatic N) is 1. The van der Waals surface area contributed by atoms with Gasteiger partial charge in [-0.2, -0.15) is 5.10 Å². The van der Waals surface area contributed by atoms with Crippen molar-refractivity contribution in [2.24, 2.45) is 5.10 Å². The van der Waals surface area contributed by atoms with Crippen LogP contribution in [0, 0.1) is 0 Å². The molecule has 0 fully saturated rings. The quantitative estimate of drug-likeness (QED) is 0.413. The SMILES string of the molecule is O=C(O)C1(O)CC=NN1. The van der Waals surface area contributed by atoms with Gasteiger partial charge in [0.15, 0.2) is 0 Å². The van der Waals surface area contributed by atoms with E-state index in [1.807, 2.05) is 0 Å². The van der Waals surface area contributed by atoms with E-state index in [-0.39, 0.29) is 6.42 Å². The summed E-state index contributed by atoms with van der Waals surface area (Å²) in [4.78, 5) is 10.1. The Bertz CT molecular complexity index is 157. The normalized spacial score (nSPS) is 32.1. The maximum absolute atomic E-state index is 10.1. The Morgan fingerprint density at radius 2 is 2.56 bits per heavy atom. The second kappa shape index (κ2) is 1.70. The Balaban J connectivity index is 2.66. The Kier molecular flexibility index (Phi) is 1.14. The average Bonchev–Trinajstić information content (AvgIpc) is 2.16. The van der Waals surface area contributed by atoms with Crippen molar-refractivity contribution in [3.8, 4) is 0 Å². The van der Waals surface area contributed by atoms with Crippen LogP contribution in [0.5, 0.6) is 0 Å². The maximum atomic E-state index is 10.1. The van der Waals surface area contributed by atoms with Crippen molar-refractivity contribution in [3.05, 3.63) is 0 Å². The van der Waals surface area contributed by atoms with Crippen LogP contribution in [0.1, 0.15) is 6.42 Å². The van der Waals surface area contributed by atoms with Crippen LogP contribution in [0.3, 0.4) is 0 Å². The van der Waals surface area contributed by atoms with Gasteiger partial charge >= 0.3 is 5.97 Å². The molecule has 0 bridgehead atoms. The molecule has 50 valence electrons. The molecule has 0 spiro atoms. The lowest BCUT2D eigenvalue weighted by molar-refractivity contribution is -0.160. The lowest BCUT2D eigenvalue weighted by atomic mass is 10.2. The lowest BCUT2D eigenvalue weighted by Crippen LogP contribution is -2.46. The molecule has 9 heavy (non-hydrogen) atoms. The third kappa shape index (κ3) is 0.857. The number of hydrogen-bond donors (Lipinski definition) is 3. The molecular formula is C4H6N2O3. The molecule has 3 N–H and O–H groups in total. The van der Waals surface area contributed by atoms with Crippen molar-refractivity contribution < 1.29 is 15.0 Å². The fourth-order valence-corrected chi connectivity index (χ4v) is 0.511. The van der Waals surface area contributed by atoms with Gasteiger partial charge in [0, 0.05) is 12.6 Å². The molecule has 1 unspecified atom stereocenters. The molecule has 1 aliphatic rings. The molecule has 1 atom stereocenters. The Morgan fingerprint density at radius 3 is 2.78 bits per heavy atom. The third-order valence-corrected chi connectivity index (χ3v) is 1.08. The van der Waals surface area contributed by atoms with E-state index in [9.17, 15) is 4.79 Å². The number of hydrogen-bond acceptors (Lipinski definition) is 4. The second-order valence-corrected chi connectivity index (χ2v) is 1.79. The van der Waals surface area contributed by atoms with Crippen molar-refractivity contribution in [3.63, 3.8) is 0 Å². The molecule has 0 saturated carbocycles. The molecule has 0 saturated heterocycles. The van der Waals surface area contributed by atoms with Gasteiger partial charge in [0.2, 0.25) is 0 Å². The van der Waals surface area contributed by atoms with Crippen LogP contribution in [0.4, 0.5) is 0 Å². The summed E-state index contributed by atoms with van der Waals surface area (Å²) < 4.78 is 0. The van der Waals surface area contributed by atoms with Crippen LogP contribution in [0.15, 0.2) is 5.10 Å². The fraction of sp³-hybridized carbons (Fsp3) is 0.500. The van der Waals surface area contributed by atoms with Crippen LogP contribution in [-0.2, 0) is 4.79 Å². The zero-order valence-corrected chi connectivity index (χ0v) is 4.53. The molecule has 0 aromatic carbocycles. The van der Waals surface area contributed by atoms with Gasteiger partial charge in [-0.25, -0.2) is 4.79 Å². The van der Waals surface area contributed by atoms with Gasteiger partial charge in [-0.05, 0) is 0 Å². The minimum absolute atomic E-state index is 0.0162. The average molecular weight is 130 g/mol. The zero-order valence-electron chi connectivity index (χ0n) is 4.53. The number of carboxylic acid groups (broad SMARTS) is 1. The van der Waals surface area contributed by atoms with E-state index in [0.29, 0.717) is 0 Å². The van der Waals surface area contributed by atoms with E-state index >= 15 is 0 Å². The first-order valence-electron chi connectivity index (χ1n) is 2.39. The largest absolute Gasteiger partial charge is 0.478 e. The van der Waals surface area contributed by atoms with E-state index in [1.165, 1.54) is 6.21 Å². The van der Waals surface area contributed by atoms with Gasteiger partial charge in [0.05, 0.1) is 0 Å². The predicted octanol–water partition coefficient (Wildman–Crippen LogP) is -1.26. The predicted molar refractivity (Wildman–Crippen MR) is 28.8 cm³/mol. The van der Waals surface area contributed by atoms with E-state index < -0.39 is 11.7 Å². The van der Waals surface area contributed by atoms with E-state index in [1.54, 1.807) is 0 Å². The minimum Gasteiger partial charge on any atom is -0.478 e. The number of aliphatic hydroxyl groups is 1. The first-order valence-corrected chi connectivity index (χ1v) is 2.39. The molecule has 1 aliphatic heterocycles.